The Morgan fingerprint density at radius 3 is 2.17 bits per heavy atom. The standard InChI is InChI=1S/C10H14N4O3S/c1-3-4(15)13-9-5(7(11)16)6(8(12)17)10(14-9)18-2/h14H,3H2,1-2H3,(H2,11,16)(H2,12,17)(H,13,15). The van der Waals surface area contributed by atoms with Gasteiger partial charge in [0.1, 0.15) is 5.82 Å². The molecule has 0 saturated carbocycles. The molecule has 18 heavy (non-hydrogen) atoms. The lowest BCUT2D eigenvalue weighted by Crippen LogP contribution is -2.21. The first-order valence-electron chi connectivity index (χ1n) is 5.11. The van der Waals surface area contributed by atoms with Crippen molar-refractivity contribution in [1.29, 1.82) is 0 Å². The van der Waals surface area contributed by atoms with Crippen LogP contribution in [0, 0.1) is 0 Å². The lowest BCUT2D eigenvalue weighted by Gasteiger charge is -2.03. The number of nitrogens with one attached hydrogen (secondary N) is 2. The molecule has 1 heterocycles. The molecule has 0 spiro atoms. The Balaban J connectivity index is 3.38. The Hall–Kier alpha value is -1.96. The smallest absolute Gasteiger partial charge is 0.253 e. The van der Waals surface area contributed by atoms with E-state index in [4.69, 9.17) is 11.5 Å². The van der Waals surface area contributed by atoms with Crippen LogP contribution in [0.4, 0.5) is 5.82 Å². The molecule has 0 aliphatic rings. The quantitative estimate of drug-likeness (QED) is 0.572. The van der Waals surface area contributed by atoms with Crippen molar-refractivity contribution in [3.63, 3.8) is 0 Å². The van der Waals surface area contributed by atoms with E-state index in [1.165, 1.54) is 11.8 Å². The zero-order valence-corrected chi connectivity index (χ0v) is 10.8. The van der Waals surface area contributed by atoms with Gasteiger partial charge in [-0.2, -0.15) is 0 Å². The van der Waals surface area contributed by atoms with Crippen LogP contribution < -0.4 is 16.8 Å². The second-order valence-electron chi connectivity index (χ2n) is 3.41. The predicted octanol–water partition coefficient (Wildman–Crippen LogP) is 0.283. The van der Waals surface area contributed by atoms with Crippen molar-refractivity contribution in [3.05, 3.63) is 11.1 Å². The van der Waals surface area contributed by atoms with Crippen LogP contribution in [0.2, 0.25) is 0 Å². The summed E-state index contributed by atoms with van der Waals surface area (Å²) >= 11 is 1.20. The average molecular weight is 270 g/mol. The number of amides is 3. The fourth-order valence-corrected chi connectivity index (χ4v) is 2.04. The molecule has 1 aromatic heterocycles. The molecule has 1 aromatic rings. The molecule has 1 rings (SSSR count). The Labute approximate surface area is 108 Å². The van der Waals surface area contributed by atoms with E-state index in [9.17, 15) is 14.4 Å². The summed E-state index contributed by atoms with van der Waals surface area (Å²) in [6, 6.07) is 0. The number of thioether (sulfide) groups is 1. The number of rotatable bonds is 5. The third kappa shape index (κ3) is 2.65. The van der Waals surface area contributed by atoms with Gasteiger partial charge in [-0.3, -0.25) is 14.4 Å². The second kappa shape index (κ2) is 5.58. The maximum atomic E-state index is 11.4. The number of H-pyrrole nitrogens is 1. The molecule has 0 atom stereocenters. The van der Waals surface area contributed by atoms with Crippen molar-refractivity contribution in [1.82, 2.24) is 4.98 Å². The number of nitrogens with two attached hydrogens (primary N) is 2. The van der Waals surface area contributed by atoms with E-state index < -0.39 is 11.8 Å². The molecule has 6 N–H and O–H groups in total. The van der Waals surface area contributed by atoms with Crippen LogP contribution in [0.5, 0.6) is 0 Å². The molecule has 0 radical (unpaired) electrons. The SMILES string of the molecule is CCC(=O)Nc1[nH]c(SC)c(C(N)=O)c1C(N)=O. The van der Waals surface area contributed by atoms with E-state index in [2.05, 4.69) is 10.3 Å². The van der Waals surface area contributed by atoms with E-state index in [-0.39, 0.29) is 29.3 Å². The fraction of sp³-hybridized carbons (Fsp3) is 0.300. The van der Waals surface area contributed by atoms with Crippen LogP contribution in [0.25, 0.3) is 0 Å². The van der Waals surface area contributed by atoms with Crippen molar-refractivity contribution in [2.45, 2.75) is 18.4 Å². The van der Waals surface area contributed by atoms with Gasteiger partial charge in [0.2, 0.25) is 5.91 Å². The second-order valence-corrected chi connectivity index (χ2v) is 4.23. The normalized spacial score (nSPS) is 10.1. The van der Waals surface area contributed by atoms with Crippen molar-refractivity contribution in [2.75, 3.05) is 11.6 Å². The van der Waals surface area contributed by atoms with E-state index >= 15 is 0 Å². The minimum absolute atomic E-state index is 0.00130. The van der Waals surface area contributed by atoms with Gasteiger partial charge in [0.05, 0.1) is 16.2 Å². The lowest BCUT2D eigenvalue weighted by atomic mass is 10.1. The highest BCUT2D eigenvalue weighted by Gasteiger charge is 2.25. The van der Waals surface area contributed by atoms with Crippen LogP contribution in [0.1, 0.15) is 34.1 Å². The molecule has 0 aliphatic carbocycles. The molecule has 0 bridgehead atoms. The molecule has 7 nitrogen and oxygen atoms in total. The molecule has 0 aromatic carbocycles. The molecular weight excluding hydrogens is 256 g/mol. The zero-order chi connectivity index (χ0) is 13.9. The minimum atomic E-state index is -0.827. The molecule has 0 fully saturated rings. The molecule has 3 amide bonds. The summed E-state index contributed by atoms with van der Waals surface area (Å²) in [6.07, 6.45) is 1.94. The van der Waals surface area contributed by atoms with Crippen LogP contribution >= 0.6 is 11.8 Å². The summed E-state index contributed by atoms with van der Waals surface area (Å²) < 4.78 is 0. The first kappa shape index (κ1) is 14.1. The van der Waals surface area contributed by atoms with Gasteiger partial charge in [-0.15, -0.1) is 11.8 Å². The van der Waals surface area contributed by atoms with Gasteiger partial charge in [-0.25, -0.2) is 0 Å². The monoisotopic (exact) mass is 270 g/mol. The van der Waals surface area contributed by atoms with Gasteiger partial charge in [-0.1, -0.05) is 6.92 Å². The Morgan fingerprint density at radius 2 is 1.78 bits per heavy atom. The van der Waals surface area contributed by atoms with Crippen molar-refractivity contribution < 1.29 is 14.4 Å². The zero-order valence-electron chi connectivity index (χ0n) is 9.99. The van der Waals surface area contributed by atoms with E-state index in [0.717, 1.165) is 0 Å². The van der Waals surface area contributed by atoms with Crippen molar-refractivity contribution in [3.8, 4) is 0 Å². The summed E-state index contributed by atoms with van der Waals surface area (Å²) in [5, 5.41) is 2.87. The summed E-state index contributed by atoms with van der Waals surface area (Å²) in [5.41, 5.74) is 10.3. The molecule has 0 aliphatic heterocycles. The maximum absolute atomic E-state index is 11.4. The van der Waals surface area contributed by atoms with Crippen LogP contribution in [-0.4, -0.2) is 29.0 Å². The third-order valence-electron chi connectivity index (χ3n) is 2.25. The summed E-state index contributed by atoms with van der Waals surface area (Å²) in [6.45, 7) is 1.66. The summed E-state index contributed by atoms with van der Waals surface area (Å²) in [5.74, 6) is -1.80. The molecule has 98 valence electrons. The highest BCUT2D eigenvalue weighted by atomic mass is 32.2. The molecule has 0 unspecified atom stereocenters. The van der Waals surface area contributed by atoms with Gasteiger partial charge in [-0.05, 0) is 6.26 Å². The molecule has 8 heteroatoms. The highest BCUT2D eigenvalue weighted by Crippen LogP contribution is 2.29. The number of primary amides is 2. The average Bonchev–Trinajstić information content (AvgIpc) is 2.67. The number of aromatic amines is 1. The molecular formula is C10H14N4O3S. The van der Waals surface area contributed by atoms with E-state index in [0.29, 0.717) is 5.03 Å². The van der Waals surface area contributed by atoms with Crippen molar-refractivity contribution in [2.24, 2.45) is 11.5 Å². The first-order valence-corrected chi connectivity index (χ1v) is 6.34. The van der Waals surface area contributed by atoms with E-state index in [1.54, 1.807) is 13.2 Å². The van der Waals surface area contributed by atoms with Crippen LogP contribution in [0.3, 0.4) is 0 Å². The van der Waals surface area contributed by atoms with E-state index in [1.807, 2.05) is 0 Å². The Bertz CT molecular complexity index is 509. The summed E-state index contributed by atoms with van der Waals surface area (Å²) in [4.78, 5) is 36.8. The number of hydrogen-bond donors (Lipinski definition) is 4. The lowest BCUT2D eigenvalue weighted by molar-refractivity contribution is -0.115. The third-order valence-corrected chi connectivity index (χ3v) is 2.96. The number of anilines is 1. The largest absolute Gasteiger partial charge is 0.365 e. The molecule has 0 saturated heterocycles. The Morgan fingerprint density at radius 1 is 1.22 bits per heavy atom. The number of carbonyl (C=O) groups excluding carboxylic acids is 3. The van der Waals surface area contributed by atoms with Gasteiger partial charge < -0.3 is 21.8 Å². The summed E-state index contributed by atoms with van der Waals surface area (Å²) in [7, 11) is 0. The number of carbonyl (C=O) groups is 3. The fourth-order valence-electron chi connectivity index (χ4n) is 1.43. The maximum Gasteiger partial charge on any atom is 0.253 e. The number of hydrogen-bond acceptors (Lipinski definition) is 4. The highest BCUT2D eigenvalue weighted by molar-refractivity contribution is 7.98. The van der Waals surface area contributed by atoms with Crippen LogP contribution in [-0.2, 0) is 4.79 Å². The van der Waals surface area contributed by atoms with Gasteiger partial charge in [0.15, 0.2) is 0 Å². The van der Waals surface area contributed by atoms with Gasteiger partial charge in [0.25, 0.3) is 11.8 Å². The predicted molar refractivity (Wildman–Crippen MR) is 68.5 cm³/mol. The Kier molecular flexibility index (Phi) is 4.38. The number of aromatic nitrogens is 1. The van der Waals surface area contributed by atoms with Gasteiger partial charge >= 0.3 is 0 Å². The topological polar surface area (TPSA) is 131 Å². The minimum Gasteiger partial charge on any atom is -0.365 e. The van der Waals surface area contributed by atoms with Crippen LogP contribution in [0.15, 0.2) is 5.03 Å². The first-order chi connectivity index (χ1) is 8.42. The van der Waals surface area contributed by atoms with Gasteiger partial charge in [0, 0.05) is 6.42 Å². The van der Waals surface area contributed by atoms with Crippen molar-refractivity contribution >= 4 is 35.3 Å².